The van der Waals surface area contributed by atoms with Crippen LogP contribution in [0.3, 0.4) is 0 Å². The quantitative estimate of drug-likeness (QED) is 0.133. The first-order valence-corrected chi connectivity index (χ1v) is 12.6. The molecule has 7 radical (unpaired) electrons. The van der Waals surface area contributed by atoms with Crippen molar-refractivity contribution in [3.05, 3.63) is 121 Å². The minimum atomic E-state index is 0. The number of fused-ring (bicyclic) bond motifs is 5. The van der Waals surface area contributed by atoms with Crippen LogP contribution >= 0.6 is 11.6 Å². The summed E-state index contributed by atoms with van der Waals surface area (Å²) in [6, 6.07) is 38.3. The van der Waals surface area contributed by atoms with E-state index in [0.717, 1.165) is 44.1 Å². The fourth-order valence-corrected chi connectivity index (χ4v) is 5.27. The smallest absolute Gasteiger partial charge is 0.281 e. The Kier molecular flexibility index (Phi) is 11.3. The van der Waals surface area contributed by atoms with Crippen LogP contribution in [-0.2, 0) is 34.8 Å². The molecule has 0 unspecified atom stereocenters. The molecule has 2 heterocycles. The predicted molar refractivity (Wildman–Crippen MR) is 165 cm³/mol. The van der Waals surface area contributed by atoms with Crippen molar-refractivity contribution in [3.8, 4) is 22.3 Å². The van der Waals surface area contributed by atoms with Gasteiger partial charge in [-0.2, -0.15) is 0 Å². The minimum Gasteiger partial charge on any atom is -0.281 e. The van der Waals surface area contributed by atoms with Crippen LogP contribution in [-0.4, -0.2) is 30.3 Å². The molecule has 5 nitrogen and oxygen atoms in total. The molecule has 5 aromatic carbocycles. The van der Waals surface area contributed by atoms with E-state index in [1.54, 1.807) is 0 Å². The van der Waals surface area contributed by atoms with E-state index < -0.39 is 0 Å². The first kappa shape index (κ1) is 31.9. The topological polar surface area (TPSA) is 77.0 Å². The minimum absolute atomic E-state index is 0. The number of nitrogens with zero attached hydrogens (tertiary/aromatic N) is 2. The second-order valence-electron chi connectivity index (χ2n) is 8.83. The molecule has 0 saturated heterocycles. The SMILES string of the molecule is Clc1cc(-c2ccc3ccccc3c2)c2ccc3c(-c4ccc5ccccc5c4)ccnc3c2n1.[C]=O.[C]=O.[C]=O.[Re]. The number of carbonyl (C=O) groups excluding carboxylic acids is 3. The van der Waals surface area contributed by atoms with Crippen molar-refractivity contribution in [1.82, 2.24) is 9.97 Å². The number of rotatable bonds is 2. The molecule has 0 amide bonds. The Balaban J connectivity index is 0.000000653. The van der Waals surface area contributed by atoms with Gasteiger partial charge in [0.15, 0.2) is 0 Å². The van der Waals surface area contributed by atoms with E-state index in [4.69, 9.17) is 36.0 Å². The molecule has 0 aliphatic heterocycles. The van der Waals surface area contributed by atoms with E-state index >= 15 is 0 Å². The summed E-state index contributed by atoms with van der Waals surface area (Å²) in [4.78, 5) is 32.0. The second kappa shape index (κ2) is 14.9. The average molecular weight is 737 g/mol. The molecular weight excluding hydrogens is 718 g/mol. The van der Waals surface area contributed by atoms with E-state index in [-0.39, 0.29) is 20.4 Å². The third-order valence-electron chi connectivity index (χ3n) is 6.78. The van der Waals surface area contributed by atoms with Crippen molar-refractivity contribution in [2.24, 2.45) is 0 Å². The monoisotopic (exact) mass is 737 g/mol. The van der Waals surface area contributed by atoms with Gasteiger partial charge in [0.25, 0.3) is 20.4 Å². The standard InChI is InChI=1S/C32H19ClN2.3CO.Re/c33-30-19-29(25-12-10-21-6-2-4-8-23(21)18-25)28-14-13-27-26(15-16-34-31(27)32(28)35-30)24-11-9-20-5-1-3-7-22(20)17-24;3*1-2;/h1-19H;;;;. The van der Waals surface area contributed by atoms with Crippen molar-refractivity contribution in [2.45, 2.75) is 0 Å². The molecule has 2 aromatic heterocycles. The number of hydrogen-bond donors (Lipinski definition) is 0. The summed E-state index contributed by atoms with van der Waals surface area (Å²) in [6.07, 6.45) is 1.87. The predicted octanol–water partition coefficient (Wildman–Crippen LogP) is 7.88. The van der Waals surface area contributed by atoms with Gasteiger partial charge in [-0.3, -0.25) is 19.4 Å². The summed E-state index contributed by atoms with van der Waals surface area (Å²) in [5.74, 6) is 0. The maximum atomic E-state index is 7.50. The van der Waals surface area contributed by atoms with Crippen molar-refractivity contribution in [2.75, 3.05) is 0 Å². The van der Waals surface area contributed by atoms with Crippen LogP contribution in [0.5, 0.6) is 0 Å². The van der Waals surface area contributed by atoms with Gasteiger partial charge in [-0.15, -0.1) is 0 Å². The zero-order valence-electron chi connectivity index (χ0n) is 21.8. The Bertz CT molecular complexity index is 1990. The van der Waals surface area contributed by atoms with Crippen LogP contribution in [0.25, 0.3) is 65.6 Å². The Hall–Kier alpha value is -4.60. The fraction of sp³-hybridized carbons (Fsp3) is 0. The van der Waals surface area contributed by atoms with Crippen molar-refractivity contribution in [3.63, 3.8) is 0 Å². The van der Waals surface area contributed by atoms with Crippen LogP contribution in [0, 0.1) is 0 Å². The van der Waals surface area contributed by atoms with Gasteiger partial charge in [-0.25, -0.2) is 4.98 Å². The molecule has 0 aliphatic rings. The molecule has 201 valence electrons. The third kappa shape index (κ3) is 6.17. The van der Waals surface area contributed by atoms with E-state index in [9.17, 15) is 0 Å². The summed E-state index contributed by atoms with van der Waals surface area (Å²) in [6.45, 7) is 13.5. The van der Waals surface area contributed by atoms with Gasteiger partial charge in [-0.1, -0.05) is 96.5 Å². The molecule has 0 atom stereocenters. The normalized spacial score (nSPS) is 9.93. The molecule has 0 spiro atoms. The summed E-state index contributed by atoms with van der Waals surface area (Å²) in [5, 5.41) is 7.43. The van der Waals surface area contributed by atoms with E-state index in [1.807, 2.05) is 12.3 Å². The molecule has 42 heavy (non-hydrogen) atoms. The molecule has 7 rings (SSSR count). The molecule has 7 heteroatoms. The van der Waals surface area contributed by atoms with Gasteiger partial charge in [-0.05, 0) is 68.1 Å². The second-order valence-corrected chi connectivity index (χ2v) is 9.22. The number of hydrogen-bond acceptors (Lipinski definition) is 5. The zero-order chi connectivity index (χ0) is 29.4. The van der Waals surface area contributed by atoms with Crippen LogP contribution in [0.15, 0.2) is 115 Å². The Morgan fingerprint density at radius 2 is 0.976 bits per heavy atom. The van der Waals surface area contributed by atoms with Crippen molar-refractivity contribution >= 4 is 75.3 Å². The van der Waals surface area contributed by atoms with Gasteiger partial charge in [0.05, 0.1) is 11.0 Å². The number of pyridine rings is 2. The molecular formula is C35H19ClN2O3Re. The molecule has 0 fully saturated rings. The molecule has 0 saturated carbocycles. The van der Waals surface area contributed by atoms with Crippen LogP contribution in [0.4, 0.5) is 0 Å². The van der Waals surface area contributed by atoms with Gasteiger partial charge in [0.1, 0.15) is 5.15 Å². The first-order valence-electron chi connectivity index (χ1n) is 12.2. The number of benzene rings is 5. The largest absolute Gasteiger partial charge is 0.281 e. The average Bonchev–Trinajstić information content (AvgIpc) is 3.06. The van der Waals surface area contributed by atoms with Crippen LogP contribution in [0.1, 0.15) is 0 Å². The maximum Gasteiger partial charge on any atom is 0.281 e. The third-order valence-corrected chi connectivity index (χ3v) is 6.97. The molecule has 7 aromatic rings. The Labute approximate surface area is 261 Å². The zero-order valence-corrected chi connectivity index (χ0v) is 25.3. The molecule has 0 N–H and O–H groups in total. The van der Waals surface area contributed by atoms with E-state index in [2.05, 4.69) is 123 Å². The molecule has 0 aliphatic carbocycles. The number of halogens is 1. The summed E-state index contributed by atoms with van der Waals surface area (Å²) < 4.78 is 0. The van der Waals surface area contributed by atoms with Crippen molar-refractivity contribution < 1.29 is 34.8 Å². The van der Waals surface area contributed by atoms with Crippen LogP contribution in [0.2, 0.25) is 5.15 Å². The fourth-order valence-electron chi connectivity index (χ4n) is 5.07. The Morgan fingerprint density at radius 1 is 0.500 bits per heavy atom. The number of aromatic nitrogens is 2. The maximum absolute atomic E-state index is 7.50. The summed E-state index contributed by atoms with van der Waals surface area (Å²) >= 11 is 6.58. The van der Waals surface area contributed by atoms with Gasteiger partial charge in [0.2, 0.25) is 0 Å². The van der Waals surface area contributed by atoms with Crippen LogP contribution < -0.4 is 0 Å². The van der Waals surface area contributed by atoms with E-state index in [1.165, 1.54) is 21.5 Å². The Morgan fingerprint density at radius 3 is 1.52 bits per heavy atom. The van der Waals surface area contributed by atoms with Gasteiger partial charge in [0, 0.05) is 37.4 Å². The summed E-state index contributed by atoms with van der Waals surface area (Å²) in [5.41, 5.74) is 6.15. The molecule has 0 bridgehead atoms. The van der Waals surface area contributed by atoms with Crippen molar-refractivity contribution in [1.29, 1.82) is 0 Å². The van der Waals surface area contributed by atoms with Gasteiger partial charge < -0.3 is 0 Å². The first-order chi connectivity index (χ1) is 20.2. The van der Waals surface area contributed by atoms with Gasteiger partial charge >= 0.3 is 0 Å². The van der Waals surface area contributed by atoms with E-state index in [0.29, 0.717) is 5.15 Å². The summed E-state index contributed by atoms with van der Waals surface area (Å²) in [7, 11) is 0.